The zero-order valence-electron chi connectivity index (χ0n) is 11.5. The second-order valence-electron chi connectivity index (χ2n) is 4.58. The van der Waals surface area contributed by atoms with Crippen LogP contribution in [0.3, 0.4) is 0 Å². The number of nitrogens with zero attached hydrogens (tertiary/aromatic N) is 2. The van der Waals surface area contributed by atoms with Crippen molar-refractivity contribution in [2.75, 3.05) is 11.9 Å². The Balaban J connectivity index is 2.45. The highest BCUT2D eigenvalue weighted by Crippen LogP contribution is 2.22. The third kappa shape index (κ3) is 2.75. The van der Waals surface area contributed by atoms with Gasteiger partial charge in [-0.1, -0.05) is 12.1 Å². The minimum atomic E-state index is -0.911. The minimum Gasteiger partial charge on any atom is -0.311 e. The second kappa shape index (κ2) is 5.71. The molecule has 3 nitrogen and oxygen atoms in total. The molecule has 21 heavy (non-hydrogen) atoms. The number of hydrogen-bond donors (Lipinski definition) is 0. The number of carbonyl (C=O) groups excluding carboxylic acids is 1. The van der Waals surface area contributed by atoms with Crippen LogP contribution in [-0.2, 0) is 0 Å². The molecular weight excluding hydrogens is 274 g/mol. The average Bonchev–Trinajstić information content (AvgIpc) is 2.50. The number of nitriles is 1. The molecule has 0 unspecified atom stereocenters. The van der Waals surface area contributed by atoms with Gasteiger partial charge >= 0.3 is 0 Å². The van der Waals surface area contributed by atoms with Gasteiger partial charge in [0.1, 0.15) is 17.2 Å². The molecule has 106 valence electrons. The third-order valence-electron chi connectivity index (χ3n) is 3.17. The third-order valence-corrected chi connectivity index (χ3v) is 3.17. The smallest absolute Gasteiger partial charge is 0.263 e. The quantitative estimate of drug-likeness (QED) is 0.849. The highest BCUT2D eigenvalue weighted by atomic mass is 19.1. The van der Waals surface area contributed by atoms with E-state index in [0.29, 0.717) is 11.3 Å². The number of rotatable bonds is 2. The lowest BCUT2D eigenvalue weighted by Crippen LogP contribution is -2.28. The van der Waals surface area contributed by atoms with Crippen molar-refractivity contribution < 1.29 is 13.6 Å². The number of aryl methyl sites for hydroxylation is 1. The van der Waals surface area contributed by atoms with Crippen LogP contribution in [-0.4, -0.2) is 13.0 Å². The number of amides is 1. The maximum absolute atomic E-state index is 14.0. The maximum Gasteiger partial charge on any atom is 0.263 e. The van der Waals surface area contributed by atoms with Crippen molar-refractivity contribution in [1.82, 2.24) is 0 Å². The first-order valence-electron chi connectivity index (χ1n) is 6.18. The van der Waals surface area contributed by atoms with Gasteiger partial charge in [0.05, 0.1) is 11.6 Å². The zero-order valence-corrected chi connectivity index (χ0v) is 11.5. The molecule has 1 amide bonds. The summed E-state index contributed by atoms with van der Waals surface area (Å²) < 4.78 is 27.8. The van der Waals surface area contributed by atoms with Crippen LogP contribution in [0.5, 0.6) is 0 Å². The summed E-state index contributed by atoms with van der Waals surface area (Å²) in [7, 11) is 1.40. The van der Waals surface area contributed by atoms with E-state index in [0.717, 1.165) is 11.0 Å². The van der Waals surface area contributed by atoms with Crippen molar-refractivity contribution in [3.8, 4) is 6.07 Å². The predicted molar refractivity (Wildman–Crippen MR) is 75.0 cm³/mol. The van der Waals surface area contributed by atoms with Gasteiger partial charge in [-0.25, -0.2) is 8.78 Å². The lowest BCUT2D eigenvalue weighted by Gasteiger charge is -2.18. The largest absolute Gasteiger partial charge is 0.311 e. The van der Waals surface area contributed by atoms with Crippen LogP contribution in [0.1, 0.15) is 21.5 Å². The van der Waals surface area contributed by atoms with Crippen LogP contribution in [0.25, 0.3) is 0 Å². The van der Waals surface area contributed by atoms with E-state index in [9.17, 15) is 13.6 Å². The van der Waals surface area contributed by atoms with E-state index in [4.69, 9.17) is 5.26 Å². The first-order valence-corrected chi connectivity index (χ1v) is 6.18. The molecule has 0 N–H and O–H groups in total. The van der Waals surface area contributed by atoms with Crippen molar-refractivity contribution >= 4 is 11.6 Å². The summed E-state index contributed by atoms with van der Waals surface area (Å²) in [6, 6.07) is 10.5. The van der Waals surface area contributed by atoms with Gasteiger partial charge in [-0.05, 0) is 36.8 Å². The van der Waals surface area contributed by atoms with E-state index in [1.54, 1.807) is 18.2 Å². The highest BCUT2D eigenvalue weighted by Gasteiger charge is 2.23. The molecule has 0 spiro atoms. The molecule has 2 aromatic rings. The molecule has 0 aliphatic rings. The molecule has 0 aromatic heterocycles. The molecule has 2 rings (SSSR count). The maximum atomic E-state index is 14.0. The lowest BCUT2D eigenvalue weighted by atomic mass is 10.1. The summed E-state index contributed by atoms with van der Waals surface area (Å²) in [5, 5.41) is 8.85. The second-order valence-corrected chi connectivity index (χ2v) is 4.58. The Labute approximate surface area is 121 Å². The van der Waals surface area contributed by atoms with Crippen LogP contribution >= 0.6 is 0 Å². The lowest BCUT2D eigenvalue weighted by molar-refractivity contribution is 0.0984. The van der Waals surface area contributed by atoms with Gasteiger partial charge in [0.25, 0.3) is 5.91 Å². The summed E-state index contributed by atoms with van der Waals surface area (Å²) in [6.45, 7) is 1.46. The Hall–Kier alpha value is -2.74. The molecule has 0 aliphatic heterocycles. The fourth-order valence-corrected chi connectivity index (χ4v) is 1.92. The Morgan fingerprint density at radius 1 is 1.24 bits per heavy atom. The standard InChI is InChI=1S/C16H12F2N2O/c1-10-6-7-13(17)14(15(10)18)16(21)20(2)12-5-3-4-11(8-12)9-19/h3-8H,1-2H3. The number of hydrogen-bond acceptors (Lipinski definition) is 2. The first kappa shape index (κ1) is 14.7. The fraction of sp³-hybridized carbons (Fsp3) is 0.125. The molecule has 0 aliphatic carbocycles. The van der Waals surface area contributed by atoms with E-state index >= 15 is 0 Å². The van der Waals surface area contributed by atoms with Crippen LogP contribution in [0.4, 0.5) is 14.5 Å². The predicted octanol–water partition coefficient (Wildman–Crippen LogP) is 3.42. The van der Waals surface area contributed by atoms with Gasteiger partial charge < -0.3 is 4.90 Å². The van der Waals surface area contributed by atoms with E-state index in [1.165, 1.54) is 26.1 Å². The Morgan fingerprint density at radius 3 is 2.62 bits per heavy atom. The molecule has 0 saturated carbocycles. The van der Waals surface area contributed by atoms with Crippen molar-refractivity contribution in [3.05, 3.63) is 64.7 Å². The molecule has 0 heterocycles. The molecular formula is C16H12F2N2O. The summed E-state index contributed by atoms with van der Waals surface area (Å²) >= 11 is 0. The monoisotopic (exact) mass is 286 g/mol. The van der Waals surface area contributed by atoms with Crippen LogP contribution in [0.15, 0.2) is 36.4 Å². The molecule has 0 fully saturated rings. The summed E-state index contributed by atoms with van der Waals surface area (Å²) in [5.74, 6) is -2.58. The SMILES string of the molecule is Cc1ccc(F)c(C(=O)N(C)c2cccc(C#N)c2)c1F. The van der Waals surface area contributed by atoms with Crippen LogP contribution in [0.2, 0.25) is 0 Å². The van der Waals surface area contributed by atoms with Crippen molar-refractivity contribution in [2.24, 2.45) is 0 Å². The van der Waals surface area contributed by atoms with Crippen LogP contribution < -0.4 is 4.90 Å². The first-order chi connectivity index (χ1) is 9.95. The van der Waals surface area contributed by atoms with Gasteiger partial charge in [0.15, 0.2) is 0 Å². The molecule has 0 radical (unpaired) electrons. The molecule has 5 heteroatoms. The van der Waals surface area contributed by atoms with E-state index in [1.807, 2.05) is 6.07 Å². The van der Waals surface area contributed by atoms with Gasteiger partial charge in [0, 0.05) is 12.7 Å². The number of benzene rings is 2. The molecule has 0 bridgehead atoms. The van der Waals surface area contributed by atoms with Gasteiger partial charge in [-0.3, -0.25) is 4.79 Å². The highest BCUT2D eigenvalue weighted by molar-refractivity contribution is 6.06. The molecule has 0 atom stereocenters. The van der Waals surface area contributed by atoms with Gasteiger partial charge in [-0.15, -0.1) is 0 Å². The summed E-state index contributed by atoms with van der Waals surface area (Å²) in [5.41, 5.74) is 0.343. The number of halogens is 2. The normalized spacial score (nSPS) is 10.0. The van der Waals surface area contributed by atoms with Gasteiger partial charge in [0.2, 0.25) is 0 Å². The Bertz CT molecular complexity index is 750. The van der Waals surface area contributed by atoms with Crippen molar-refractivity contribution in [3.63, 3.8) is 0 Å². The fourth-order valence-electron chi connectivity index (χ4n) is 1.92. The van der Waals surface area contributed by atoms with E-state index in [2.05, 4.69) is 0 Å². The number of anilines is 1. The topological polar surface area (TPSA) is 44.1 Å². The summed E-state index contributed by atoms with van der Waals surface area (Å²) in [4.78, 5) is 13.4. The zero-order chi connectivity index (χ0) is 15.6. The van der Waals surface area contributed by atoms with E-state index in [-0.39, 0.29) is 5.56 Å². The molecule has 0 saturated heterocycles. The van der Waals surface area contributed by atoms with Gasteiger partial charge in [-0.2, -0.15) is 5.26 Å². The minimum absolute atomic E-state index is 0.193. The van der Waals surface area contributed by atoms with Crippen molar-refractivity contribution in [1.29, 1.82) is 5.26 Å². The molecule has 2 aromatic carbocycles. The van der Waals surface area contributed by atoms with Crippen molar-refractivity contribution in [2.45, 2.75) is 6.92 Å². The van der Waals surface area contributed by atoms with E-state index < -0.39 is 23.1 Å². The summed E-state index contributed by atoms with van der Waals surface area (Å²) in [6.07, 6.45) is 0. The number of carbonyl (C=O) groups is 1. The Morgan fingerprint density at radius 2 is 1.95 bits per heavy atom. The average molecular weight is 286 g/mol. The Kier molecular flexibility index (Phi) is 3.99. The van der Waals surface area contributed by atoms with Crippen LogP contribution in [0, 0.1) is 29.9 Å².